The third-order valence-corrected chi connectivity index (χ3v) is 2.77. The first-order valence-corrected chi connectivity index (χ1v) is 5.56. The number of benzene rings is 1. The summed E-state index contributed by atoms with van der Waals surface area (Å²) in [4.78, 5) is 0. The summed E-state index contributed by atoms with van der Waals surface area (Å²) < 4.78 is 1.83. The molecule has 0 aliphatic heterocycles. The Morgan fingerprint density at radius 2 is 1.88 bits per heavy atom. The Hall–Kier alpha value is -1.57. The van der Waals surface area contributed by atoms with Gasteiger partial charge in [0.05, 0.1) is 6.20 Å². The van der Waals surface area contributed by atoms with Crippen molar-refractivity contribution in [2.24, 2.45) is 7.05 Å². The van der Waals surface area contributed by atoms with Crippen LogP contribution in [0.25, 0.3) is 11.1 Å². The zero-order valence-corrected chi connectivity index (χ0v) is 10.4. The van der Waals surface area contributed by atoms with Crippen LogP contribution >= 0.6 is 0 Å². The molecule has 84 valence electrons. The molecule has 2 nitrogen and oxygen atoms in total. The standard InChI is InChI=1S/C14H18N2/c1-14(2,3)13-7-5-6-11(8-13)12-9-15-16(4)10-12/h5-10H,1-4H3. The third kappa shape index (κ3) is 2.16. The molecule has 2 aromatic rings. The largest absolute Gasteiger partial charge is 0.275 e. The maximum Gasteiger partial charge on any atom is 0.0568 e. The first-order valence-electron chi connectivity index (χ1n) is 5.56. The summed E-state index contributed by atoms with van der Waals surface area (Å²) in [6, 6.07) is 8.67. The van der Waals surface area contributed by atoms with Gasteiger partial charge in [-0.25, -0.2) is 0 Å². The molecule has 0 N–H and O–H groups in total. The lowest BCUT2D eigenvalue weighted by atomic mass is 9.86. The van der Waals surface area contributed by atoms with Crippen LogP contribution in [0.1, 0.15) is 26.3 Å². The minimum Gasteiger partial charge on any atom is -0.275 e. The molecule has 0 aliphatic rings. The molecule has 0 unspecified atom stereocenters. The van der Waals surface area contributed by atoms with Gasteiger partial charge in [0.25, 0.3) is 0 Å². The van der Waals surface area contributed by atoms with Crippen molar-refractivity contribution in [1.82, 2.24) is 9.78 Å². The molecule has 0 spiro atoms. The van der Waals surface area contributed by atoms with Crippen LogP contribution in [0.15, 0.2) is 36.7 Å². The minimum atomic E-state index is 0.193. The smallest absolute Gasteiger partial charge is 0.0568 e. The highest BCUT2D eigenvalue weighted by atomic mass is 15.2. The van der Waals surface area contributed by atoms with E-state index in [1.807, 2.05) is 24.1 Å². The number of hydrogen-bond donors (Lipinski definition) is 0. The van der Waals surface area contributed by atoms with Crippen molar-refractivity contribution in [2.75, 3.05) is 0 Å². The molecule has 0 saturated heterocycles. The fraction of sp³-hybridized carbons (Fsp3) is 0.357. The fourth-order valence-corrected chi connectivity index (χ4v) is 1.74. The van der Waals surface area contributed by atoms with Crippen LogP contribution in [-0.2, 0) is 12.5 Å². The van der Waals surface area contributed by atoms with Gasteiger partial charge in [-0.3, -0.25) is 4.68 Å². The SMILES string of the molecule is Cn1cc(-c2cccc(C(C)(C)C)c2)cn1. The normalized spacial score (nSPS) is 11.8. The van der Waals surface area contributed by atoms with Gasteiger partial charge in [0, 0.05) is 18.8 Å². The number of aromatic nitrogens is 2. The molecule has 2 heteroatoms. The molecule has 2 rings (SSSR count). The summed E-state index contributed by atoms with van der Waals surface area (Å²) in [6.45, 7) is 6.69. The van der Waals surface area contributed by atoms with Crippen LogP contribution in [0, 0.1) is 0 Å². The molecule has 0 radical (unpaired) electrons. The molecule has 0 fully saturated rings. The first-order chi connectivity index (χ1) is 7.47. The van der Waals surface area contributed by atoms with E-state index in [-0.39, 0.29) is 5.41 Å². The van der Waals surface area contributed by atoms with Crippen LogP contribution in [0.5, 0.6) is 0 Å². The van der Waals surface area contributed by atoms with Crippen LogP contribution in [0.2, 0.25) is 0 Å². The molecule has 1 aromatic heterocycles. The molecule has 1 heterocycles. The van der Waals surface area contributed by atoms with Gasteiger partial charge in [0.2, 0.25) is 0 Å². The van der Waals surface area contributed by atoms with Gasteiger partial charge in [0.15, 0.2) is 0 Å². The summed E-state index contributed by atoms with van der Waals surface area (Å²) in [5.74, 6) is 0. The minimum absolute atomic E-state index is 0.193. The molecule has 16 heavy (non-hydrogen) atoms. The van der Waals surface area contributed by atoms with Gasteiger partial charge in [-0.15, -0.1) is 0 Å². The molecule has 0 amide bonds. The van der Waals surface area contributed by atoms with Gasteiger partial charge in [-0.1, -0.05) is 45.0 Å². The van der Waals surface area contributed by atoms with Crippen LogP contribution in [0.3, 0.4) is 0 Å². The van der Waals surface area contributed by atoms with Crippen LogP contribution in [0.4, 0.5) is 0 Å². The molecular weight excluding hydrogens is 196 g/mol. The Bertz CT molecular complexity index is 489. The molecule has 1 aromatic carbocycles. The molecule has 0 saturated carbocycles. The number of hydrogen-bond acceptors (Lipinski definition) is 1. The highest BCUT2D eigenvalue weighted by molar-refractivity contribution is 5.62. The summed E-state index contributed by atoms with van der Waals surface area (Å²) in [5.41, 5.74) is 3.96. The van der Waals surface area contributed by atoms with Crippen molar-refractivity contribution in [3.8, 4) is 11.1 Å². The van der Waals surface area contributed by atoms with Gasteiger partial charge in [-0.2, -0.15) is 5.10 Å². The molecule has 0 aliphatic carbocycles. The monoisotopic (exact) mass is 214 g/mol. The van der Waals surface area contributed by atoms with Gasteiger partial charge >= 0.3 is 0 Å². The number of rotatable bonds is 1. The van der Waals surface area contributed by atoms with Crippen molar-refractivity contribution in [3.05, 3.63) is 42.2 Å². The molecule has 0 atom stereocenters. The maximum absolute atomic E-state index is 4.20. The average molecular weight is 214 g/mol. The second-order valence-electron chi connectivity index (χ2n) is 5.23. The second kappa shape index (κ2) is 3.78. The summed E-state index contributed by atoms with van der Waals surface area (Å²) in [5, 5.41) is 4.20. The fourth-order valence-electron chi connectivity index (χ4n) is 1.74. The van der Waals surface area contributed by atoms with E-state index in [4.69, 9.17) is 0 Å². The summed E-state index contributed by atoms with van der Waals surface area (Å²) in [6.07, 6.45) is 3.95. The number of aryl methyl sites for hydroxylation is 1. The quantitative estimate of drug-likeness (QED) is 0.711. The molecular formula is C14H18N2. The van der Waals surface area contributed by atoms with Gasteiger partial charge in [-0.05, 0) is 16.5 Å². The van der Waals surface area contributed by atoms with Gasteiger partial charge < -0.3 is 0 Å². The lowest BCUT2D eigenvalue weighted by Crippen LogP contribution is -2.10. The zero-order chi connectivity index (χ0) is 11.8. The topological polar surface area (TPSA) is 17.8 Å². The summed E-state index contributed by atoms with van der Waals surface area (Å²) >= 11 is 0. The Morgan fingerprint density at radius 1 is 1.12 bits per heavy atom. The lowest BCUT2D eigenvalue weighted by Gasteiger charge is -2.19. The summed E-state index contributed by atoms with van der Waals surface area (Å²) in [7, 11) is 1.94. The predicted molar refractivity (Wildman–Crippen MR) is 67.3 cm³/mol. The van der Waals surface area contributed by atoms with Crippen molar-refractivity contribution >= 4 is 0 Å². The zero-order valence-electron chi connectivity index (χ0n) is 10.4. The van der Waals surface area contributed by atoms with Crippen LogP contribution < -0.4 is 0 Å². The van der Waals surface area contributed by atoms with Crippen molar-refractivity contribution in [3.63, 3.8) is 0 Å². The van der Waals surface area contributed by atoms with Crippen molar-refractivity contribution in [1.29, 1.82) is 0 Å². The molecule has 0 bridgehead atoms. The Morgan fingerprint density at radius 3 is 2.44 bits per heavy atom. The van der Waals surface area contributed by atoms with E-state index in [2.05, 4.69) is 50.1 Å². The Kier molecular flexibility index (Phi) is 2.58. The lowest BCUT2D eigenvalue weighted by molar-refractivity contribution is 0.590. The highest BCUT2D eigenvalue weighted by Crippen LogP contribution is 2.27. The van der Waals surface area contributed by atoms with Crippen LogP contribution in [-0.4, -0.2) is 9.78 Å². The Labute approximate surface area is 96.9 Å². The van der Waals surface area contributed by atoms with E-state index >= 15 is 0 Å². The second-order valence-corrected chi connectivity index (χ2v) is 5.23. The number of nitrogens with zero attached hydrogens (tertiary/aromatic N) is 2. The van der Waals surface area contributed by atoms with E-state index in [1.165, 1.54) is 16.7 Å². The Balaban J connectivity index is 2.44. The van der Waals surface area contributed by atoms with E-state index < -0.39 is 0 Å². The first kappa shape index (κ1) is 10.9. The van der Waals surface area contributed by atoms with E-state index in [9.17, 15) is 0 Å². The highest BCUT2D eigenvalue weighted by Gasteiger charge is 2.14. The van der Waals surface area contributed by atoms with E-state index in [0.717, 1.165) is 0 Å². The van der Waals surface area contributed by atoms with E-state index in [1.54, 1.807) is 0 Å². The predicted octanol–water partition coefficient (Wildman–Crippen LogP) is 3.38. The third-order valence-electron chi connectivity index (χ3n) is 2.77. The van der Waals surface area contributed by atoms with Crippen molar-refractivity contribution < 1.29 is 0 Å². The maximum atomic E-state index is 4.20. The van der Waals surface area contributed by atoms with Crippen molar-refractivity contribution in [2.45, 2.75) is 26.2 Å². The average Bonchev–Trinajstić information content (AvgIpc) is 2.64. The van der Waals surface area contributed by atoms with E-state index in [0.29, 0.717) is 0 Å². The van der Waals surface area contributed by atoms with Gasteiger partial charge in [0.1, 0.15) is 0 Å².